The number of anilines is 1. The lowest BCUT2D eigenvalue weighted by Gasteiger charge is -1.97. The van der Waals surface area contributed by atoms with E-state index in [0.29, 0.717) is 17.2 Å². The molecule has 2 rings (SSSR count). The van der Waals surface area contributed by atoms with Crippen LogP contribution in [0.4, 0.5) is 5.13 Å². The van der Waals surface area contributed by atoms with E-state index < -0.39 is 5.97 Å². The van der Waals surface area contributed by atoms with Gasteiger partial charge >= 0.3 is 5.97 Å². The lowest BCUT2D eigenvalue weighted by Crippen LogP contribution is -2.12. The molecular weight excluding hydrogens is 252 g/mol. The van der Waals surface area contributed by atoms with Crippen LogP contribution in [0.5, 0.6) is 0 Å². The van der Waals surface area contributed by atoms with Gasteiger partial charge in [-0.25, -0.2) is 9.78 Å². The molecule has 2 N–H and O–H groups in total. The summed E-state index contributed by atoms with van der Waals surface area (Å²) in [5.41, 5.74) is 0.584. The molecule has 1 aliphatic carbocycles. The SMILES string of the molecule is CCCCc1nc(NC(=O)C2CC2)sc1C(=O)O. The minimum atomic E-state index is -0.967. The van der Waals surface area contributed by atoms with E-state index in [1.165, 1.54) is 0 Å². The third-order valence-electron chi connectivity index (χ3n) is 2.84. The Morgan fingerprint density at radius 3 is 2.78 bits per heavy atom. The number of aryl methyl sites for hydroxylation is 1. The van der Waals surface area contributed by atoms with Gasteiger partial charge in [-0.05, 0) is 25.7 Å². The highest BCUT2D eigenvalue weighted by atomic mass is 32.1. The highest BCUT2D eigenvalue weighted by Gasteiger charge is 2.30. The van der Waals surface area contributed by atoms with Crippen LogP contribution in [0.2, 0.25) is 0 Å². The van der Waals surface area contributed by atoms with Crippen LogP contribution in [0.15, 0.2) is 0 Å². The zero-order valence-electron chi connectivity index (χ0n) is 10.2. The van der Waals surface area contributed by atoms with Crippen molar-refractivity contribution in [2.45, 2.75) is 39.0 Å². The van der Waals surface area contributed by atoms with Gasteiger partial charge in [-0.3, -0.25) is 4.79 Å². The first kappa shape index (κ1) is 13.0. The molecule has 5 nitrogen and oxygen atoms in total. The van der Waals surface area contributed by atoms with Crippen LogP contribution in [0.1, 0.15) is 48.0 Å². The summed E-state index contributed by atoms with van der Waals surface area (Å²) in [6.45, 7) is 2.04. The van der Waals surface area contributed by atoms with E-state index in [0.717, 1.165) is 37.0 Å². The number of carbonyl (C=O) groups is 2. The fourth-order valence-electron chi connectivity index (χ4n) is 1.64. The van der Waals surface area contributed by atoms with Gasteiger partial charge in [-0.2, -0.15) is 0 Å². The zero-order chi connectivity index (χ0) is 13.1. The molecule has 1 aliphatic rings. The summed E-state index contributed by atoms with van der Waals surface area (Å²) >= 11 is 1.05. The molecule has 1 amide bonds. The number of thiazole rings is 1. The quantitative estimate of drug-likeness (QED) is 0.831. The van der Waals surface area contributed by atoms with Crippen molar-refractivity contribution in [3.05, 3.63) is 10.6 Å². The second-order valence-corrected chi connectivity index (χ2v) is 5.47. The average Bonchev–Trinajstić information content (AvgIpc) is 3.09. The summed E-state index contributed by atoms with van der Waals surface area (Å²) in [5, 5.41) is 12.2. The van der Waals surface area contributed by atoms with Crippen LogP contribution in [0.25, 0.3) is 0 Å². The molecule has 0 bridgehead atoms. The number of rotatable bonds is 6. The Balaban J connectivity index is 2.10. The summed E-state index contributed by atoms with van der Waals surface area (Å²) < 4.78 is 0. The lowest BCUT2D eigenvalue weighted by atomic mass is 10.2. The highest BCUT2D eigenvalue weighted by Crippen LogP contribution is 2.31. The summed E-state index contributed by atoms with van der Waals surface area (Å²) in [5.74, 6) is -0.908. The third-order valence-corrected chi connectivity index (χ3v) is 3.84. The molecule has 18 heavy (non-hydrogen) atoms. The van der Waals surface area contributed by atoms with Crippen molar-refractivity contribution < 1.29 is 14.7 Å². The normalized spacial score (nSPS) is 14.5. The Morgan fingerprint density at radius 1 is 1.50 bits per heavy atom. The number of nitrogens with zero attached hydrogens (tertiary/aromatic N) is 1. The maximum Gasteiger partial charge on any atom is 0.347 e. The number of carbonyl (C=O) groups excluding carboxylic acids is 1. The molecule has 0 aliphatic heterocycles. The van der Waals surface area contributed by atoms with Gasteiger partial charge in [0.1, 0.15) is 4.88 Å². The fourth-order valence-corrected chi connectivity index (χ4v) is 2.49. The van der Waals surface area contributed by atoms with Gasteiger partial charge in [0.15, 0.2) is 5.13 Å². The molecule has 1 fully saturated rings. The topological polar surface area (TPSA) is 79.3 Å². The summed E-state index contributed by atoms with van der Waals surface area (Å²) in [6, 6.07) is 0. The van der Waals surface area contributed by atoms with E-state index in [9.17, 15) is 9.59 Å². The van der Waals surface area contributed by atoms with E-state index in [2.05, 4.69) is 10.3 Å². The van der Waals surface area contributed by atoms with Crippen molar-refractivity contribution in [1.82, 2.24) is 4.98 Å². The molecule has 0 aromatic carbocycles. The molecule has 0 unspecified atom stereocenters. The van der Waals surface area contributed by atoms with E-state index in [1.807, 2.05) is 6.92 Å². The van der Waals surface area contributed by atoms with E-state index in [4.69, 9.17) is 5.11 Å². The molecule has 0 saturated heterocycles. The number of hydrogen-bond donors (Lipinski definition) is 2. The molecule has 0 atom stereocenters. The molecule has 1 aromatic rings. The van der Waals surface area contributed by atoms with E-state index in [-0.39, 0.29) is 16.7 Å². The molecule has 1 saturated carbocycles. The Hall–Kier alpha value is -1.43. The lowest BCUT2D eigenvalue weighted by molar-refractivity contribution is -0.117. The fraction of sp³-hybridized carbons (Fsp3) is 0.583. The molecule has 6 heteroatoms. The van der Waals surface area contributed by atoms with Crippen LogP contribution in [0.3, 0.4) is 0 Å². The van der Waals surface area contributed by atoms with Crippen LogP contribution >= 0.6 is 11.3 Å². The number of aromatic carboxylic acids is 1. The zero-order valence-corrected chi connectivity index (χ0v) is 11.0. The van der Waals surface area contributed by atoms with Crippen LogP contribution in [-0.4, -0.2) is 22.0 Å². The molecule has 98 valence electrons. The summed E-state index contributed by atoms with van der Waals surface area (Å²) in [4.78, 5) is 27.1. The van der Waals surface area contributed by atoms with Crippen molar-refractivity contribution in [2.24, 2.45) is 5.92 Å². The maximum absolute atomic E-state index is 11.6. The summed E-state index contributed by atoms with van der Waals surface area (Å²) in [6.07, 6.45) is 4.38. The number of carboxylic acid groups (broad SMARTS) is 1. The number of hydrogen-bond acceptors (Lipinski definition) is 4. The first-order chi connectivity index (χ1) is 8.61. The second kappa shape index (κ2) is 5.48. The van der Waals surface area contributed by atoms with Crippen molar-refractivity contribution in [3.8, 4) is 0 Å². The number of unbranched alkanes of at least 4 members (excludes halogenated alkanes) is 1. The predicted octanol–water partition coefficient (Wildman–Crippen LogP) is 2.53. The monoisotopic (exact) mass is 268 g/mol. The van der Waals surface area contributed by atoms with Crippen LogP contribution < -0.4 is 5.32 Å². The van der Waals surface area contributed by atoms with Crippen molar-refractivity contribution in [2.75, 3.05) is 5.32 Å². The highest BCUT2D eigenvalue weighted by molar-refractivity contribution is 7.17. The molecule has 1 aromatic heterocycles. The first-order valence-electron chi connectivity index (χ1n) is 6.15. The standard InChI is InChI=1S/C12H16N2O3S/c1-2-3-4-8-9(11(16)17)18-12(13-8)14-10(15)7-5-6-7/h7H,2-6H2,1H3,(H,16,17)(H,13,14,15). The smallest absolute Gasteiger partial charge is 0.347 e. The Kier molecular flexibility index (Phi) is 3.96. The number of carboxylic acids is 1. The molecule has 0 radical (unpaired) electrons. The van der Waals surface area contributed by atoms with Crippen molar-refractivity contribution in [1.29, 1.82) is 0 Å². The summed E-state index contributed by atoms with van der Waals surface area (Å²) in [7, 11) is 0. The molecule has 1 heterocycles. The van der Waals surface area contributed by atoms with Gasteiger partial charge in [0.05, 0.1) is 5.69 Å². The number of aromatic nitrogens is 1. The minimum absolute atomic E-state index is 0.0391. The third kappa shape index (κ3) is 3.07. The second-order valence-electron chi connectivity index (χ2n) is 4.47. The Labute approximate surface area is 109 Å². The molecular formula is C12H16N2O3S. The van der Waals surface area contributed by atoms with Gasteiger partial charge in [0.2, 0.25) is 5.91 Å². The van der Waals surface area contributed by atoms with Gasteiger partial charge < -0.3 is 10.4 Å². The predicted molar refractivity (Wildman–Crippen MR) is 69.0 cm³/mol. The first-order valence-corrected chi connectivity index (χ1v) is 6.97. The minimum Gasteiger partial charge on any atom is -0.477 e. The largest absolute Gasteiger partial charge is 0.477 e. The van der Waals surface area contributed by atoms with Crippen LogP contribution in [0, 0.1) is 5.92 Å². The van der Waals surface area contributed by atoms with Gasteiger partial charge in [0.25, 0.3) is 0 Å². The number of nitrogens with one attached hydrogen (secondary N) is 1. The maximum atomic E-state index is 11.6. The van der Waals surface area contributed by atoms with Crippen LogP contribution in [-0.2, 0) is 11.2 Å². The van der Waals surface area contributed by atoms with E-state index in [1.54, 1.807) is 0 Å². The number of amides is 1. The Morgan fingerprint density at radius 2 is 2.22 bits per heavy atom. The van der Waals surface area contributed by atoms with Gasteiger partial charge in [-0.1, -0.05) is 24.7 Å². The van der Waals surface area contributed by atoms with Crippen molar-refractivity contribution in [3.63, 3.8) is 0 Å². The van der Waals surface area contributed by atoms with Crippen molar-refractivity contribution >= 4 is 28.3 Å². The van der Waals surface area contributed by atoms with Gasteiger partial charge in [0, 0.05) is 5.92 Å². The molecule has 0 spiro atoms. The Bertz CT molecular complexity index is 466. The van der Waals surface area contributed by atoms with E-state index >= 15 is 0 Å². The van der Waals surface area contributed by atoms with Gasteiger partial charge in [-0.15, -0.1) is 0 Å². The average molecular weight is 268 g/mol.